The van der Waals surface area contributed by atoms with Gasteiger partial charge in [0.25, 0.3) is 0 Å². The number of nitrogens with one attached hydrogen (secondary N) is 2. The molecule has 1 amide bonds. The van der Waals surface area contributed by atoms with Crippen molar-refractivity contribution < 1.29 is 13.2 Å². The third kappa shape index (κ3) is 4.50. The zero-order valence-electron chi connectivity index (χ0n) is 12.5. The number of pyridine rings is 1. The second-order valence-corrected chi connectivity index (χ2v) is 6.83. The molecule has 0 radical (unpaired) electrons. The Hall–Kier alpha value is -2.00. The molecule has 0 unspecified atom stereocenters. The van der Waals surface area contributed by atoms with Crippen molar-refractivity contribution in [3.05, 3.63) is 30.2 Å². The minimum absolute atomic E-state index is 0.350. The van der Waals surface area contributed by atoms with Crippen molar-refractivity contribution in [1.82, 2.24) is 24.6 Å². The van der Waals surface area contributed by atoms with Crippen molar-refractivity contribution in [1.29, 1.82) is 0 Å². The summed E-state index contributed by atoms with van der Waals surface area (Å²) in [6.07, 6.45) is 4.26. The van der Waals surface area contributed by atoms with Gasteiger partial charge in [0.05, 0.1) is 12.3 Å². The minimum Gasteiger partial charge on any atom is -0.355 e. The molecule has 0 fully saturated rings. The van der Waals surface area contributed by atoms with Crippen LogP contribution in [0, 0.1) is 0 Å². The Bertz CT molecular complexity index is 756. The second-order valence-electron chi connectivity index (χ2n) is 5.05. The van der Waals surface area contributed by atoms with E-state index in [1.807, 2.05) is 28.8 Å². The Morgan fingerprint density at radius 3 is 2.86 bits per heavy atom. The molecule has 0 spiro atoms. The fourth-order valence-corrected chi connectivity index (χ4v) is 2.80. The van der Waals surface area contributed by atoms with Gasteiger partial charge in [-0.15, -0.1) is 10.2 Å². The van der Waals surface area contributed by atoms with Crippen LogP contribution in [0.25, 0.3) is 5.65 Å². The molecule has 22 heavy (non-hydrogen) atoms. The molecule has 0 bridgehead atoms. The number of fused-ring (bicyclic) bond motifs is 1. The van der Waals surface area contributed by atoms with Crippen LogP contribution in [-0.2, 0) is 21.2 Å². The van der Waals surface area contributed by atoms with Gasteiger partial charge in [-0.1, -0.05) is 6.07 Å². The van der Waals surface area contributed by atoms with Crippen LogP contribution in [0.4, 0.5) is 0 Å². The predicted molar refractivity (Wildman–Crippen MR) is 81.8 cm³/mol. The standard InChI is InChI=1S/C13H19N5O3S/c1-10(17-22(2,20)21)13(19)14-8-5-7-12-16-15-11-6-3-4-9-18(11)12/h3-4,6,9-10,17H,5,7-8H2,1-2H3,(H,14,19)/t10-/m1/s1. The Morgan fingerprint density at radius 2 is 2.14 bits per heavy atom. The number of aryl methyl sites for hydroxylation is 1. The zero-order chi connectivity index (χ0) is 16.2. The molecule has 2 aromatic rings. The van der Waals surface area contributed by atoms with Crippen LogP contribution in [0.15, 0.2) is 24.4 Å². The number of sulfonamides is 1. The van der Waals surface area contributed by atoms with Gasteiger partial charge in [-0.2, -0.15) is 0 Å². The maximum absolute atomic E-state index is 11.7. The Kier molecular flexibility index (Phi) is 5.09. The van der Waals surface area contributed by atoms with E-state index >= 15 is 0 Å². The third-order valence-electron chi connectivity index (χ3n) is 3.04. The van der Waals surface area contributed by atoms with Crippen molar-refractivity contribution in [2.75, 3.05) is 12.8 Å². The summed E-state index contributed by atoms with van der Waals surface area (Å²) < 4.78 is 26.2. The lowest BCUT2D eigenvalue weighted by molar-refractivity contribution is -0.122. The van der Waals surface area contributed by atoms with Crippen LogP contribution in [0.1, 0.15) is 19.2 Å². The molecule has 8 nitrogen and oxygen atoms in total. The lowest BCUT2D eigenvalue weighted by atomic mass is 10.2. The van der Waals surface area contributed by atoms with Gasteiger partial charge >= 0.3 is 0 Å². The van der Waals surface area contributed by atoms with Gasteiger partial charge in [0.2, 0.25) is 15.9 Å². The smallest absolute Gasteiger partial charge is 0.237 e. The monoisotopic (exact) mass is 325 g/mol. The van der Waals surface area contributed by atoms with Gasteiger partial charge in [-0.3, -0.25) is 9.20 Å². The third-order valence-corrected chi connectivity index (χ3v) is 3.83. The van der Waals surface area contributed by atoms with Gasteiger partial charge in [0.1, 0.15) is 5.82 Å². The molecular formula is C13H19N5O3S. The molecule has 0 aliphatic carbocycles. The molecular weight excluding hydrogens is 306 g/mol. The summed E-state index contributed by atoms with van der Waals surface area (Å²) in [5.41, 5.74) is 0.785. The second kappa shape index (κ2) is 6.84. The predicted octanol–water partition coefficient (Wildman–Crippen LogP) is -0.284. The molecule has 2 heterocycles. The van der Waals surface area contributed by atoms with Crippen molar-refractivity contribution >= 4 is 21.6 Å². The van der Waals surface area contributed by atoms with Crippen molar-refractivity contribution in [3.8, 4) is 0 Å². The van der Waals surface area contributed by atoms with Crippen LogP contribution in [0.5, 0.6) is 0 Å². The minimum atomic E-state index is -3.39. The van der Waals surface area contributed by atoms with Gasteiger partial charge in [-0.05, 0) is 25.5 Å². The van der Waals surface area contributed by atoms with E-state index in [1.54, 1.807) is 0 Å². The molecule has 120 valence electrons. The van der Waals surface area contributed by atoms with Gasteiger partial charge in [0.15, 0.2) is 5.65 Å². The fourth-order valence-electron chi connectivity index (χ4n) is 2.05. The van der Waals surface area contributed by atoms with Crippen molar-refractivity contribution in [2.45, 2.75) is 25.8 Å². The number of hydrogen-bond donors (Lipinski definition) is 2. The molecule has 0 aromatic carbocycles. The lowest BCUT2D eigenvalue weighted by Gasteiger charge is -2.12. The first-order valence-electron chi connectivity index (χ1n) is 6.90. The number of carbonyl (C=O) groups is 1. The number of aromatic nitrogens is 3. The Labute approximate surface area is 129 Å². The molecule has 0 saturated heterocycles. The summed E-state index contributed by atoms with van der Waals surface area (Å²) in [4.78, 5) is 11.7. The van der Waals surface area contributed by atoms with E-state index in [4.69, 9.17) is 0 Å². The lowest BCUT2D eigenvalue weighted by Crippen LogP contribution is -2.44. The molecule has 0 aliphatic heterocycles. The normalized spacial score (nSPS) is 13.2. The highest BCUT2D eigenvalue weighted by molar-refractivity contribution is 7.88. The molecule has 1 atom stereocenters. The van der Waals surface area contributed by atoms with Crippen molar-refractivity contribution in [3.63, 3.8) is 0 Å². The number of amides is 1. The largest absolute Gasteiger partial charge is 0.355 e. The van der Waals surface area contributed by atoms with E-state index in [-0.39, 0.29) is 5.91 Å². The number of hydrogen-bond acceptors (Lipinski definition) is 5. The summed E-state index contributed by atoms with van der Waals surface area (Å²) >= 11 is 0. The molecule has 0 aliphatic rings. The highest BCUT2D eigenvalue weighted by atomic mass is 32.2. The number of nitrogens with zero attached hydrogens (tertiary/aromatic N) is 3. The average Bonchev–Trinajstić information content (AvgIpc) is 2.85. The van der Waals surface area contributed by atoms with Crippen LogP contribution >= 0.6 is 0 Å². The van der Waals surface area contributed by atoms with Gasteiger partial charge in [-0.25, -0.2) is 13.1 Å². The van der Waals surface area contributed by atoms with Crippen molar-refractivity contribution in [2.24, 2.45) is 0 Å². The molecule has 2 N–H and O–H groups in total. The summed E-state index contributed by atoms with van der Waals surface area (Å²) in [7, 11) is -3.39. The highest BCUT2D eigenvalue weighted by Gasteiger charge is 2.16. The first kappa shape index (κ1) is 16.4. The molecule has 0 saturated carbocycles. The molecule has 2 rings (SSSR count). The molecule has 9 heteroatoms. The van der Waals surface area contributed by atoms with E-state index in [2.05, 4.69) is 20.2 Å². The quantitative estimate of drug-likeness (QED) is 0.681. The van der Waals surface area contributed by atoms with Gasteiger partial charge < -0.3 is 5.32 Å². The Balaban J connectivity index is 1.78. The van der Waals surface area contributed by atoms with E-state index < -0.39 is 16.1 Å². The summed E-state index contributed by atoms with van der Waals surface area (Å²) in [6, 6.07) is 4.88. The summed E-state index contributed by atoms with van der Waals surface area (Å²) in [5.74, 6) is 0.476. The van der Waals surface area contributed by atoms with Crippen LogP contribution in [0.3, 0.4) is 0 Å². The fraction of sp³-hybridized carbons (Fsp3) is 0.462. The van der Waals surface area contributed by atoms with E-state index in [9.17, 15) is 13.2 Å². The average molecular weight is 325 g/mol. The highest BCUT2D eigenvalue weighted by Crippen LogP contribution is 2.04. The van der Waals surface area contributed by atoms with E-state index in [0.717, 1.165) is 17.7 Å². The number of carbonyl (C=O) groups excluding carboxylic acids is 1. The first-order chi connectivity index (χ1) is 10.4. The van der Waals surface area contributed by atoms with Crippen LogP contribution in [0.2, 0.25) is 0 Å². The first-order valence-corrected chi connectivity index (χ1v) is 8.79. The SMILES string of the molecule is C[C@@H](NS(C)(=O)=O)C(=O)NCCCc1nnc2ccccn12. The topological polar surface area (TPSA) is 105 Å². The molecule has 2 aromatic heterocycles. The number of rotatable bonds is 7. The zero-order valence-corrected chi connectivity index (χ0v) is 13.3. The maximum Gasteiger partial charge on any atom is 0.237 e. The van der Waals surface area contributed by atoms with Crippen LogP contribution < -0.4 is 10.0 Å². The van der Waals surface area contributed by atoms with E-state index in [0.29, 0.717) is 19.4 Å². The van der Waals surface area contributed by atoms with Crippen LogP contribution in [-0.4, -0.2) is 47.8 Å². The van der Waals surface area contributed by atoms with Gasteiger partial charge in [0, 0.05) is 19.2 Å². The van der Waals surface area contributed by atoms with E-state index in [1.165, 1.54) is 6.92 Å². The maximum atomic E-state index is 11.7. The summed E-state index contributed by atoms with van der Waals surface area (Å²) in [6.45, 7) is 1.94. The Morgan fingerprint density at radius 1 is 1.36 bits per heavy atom. The summed E-state index contributed by atoms with van der Waals surface area (Å²) in [5, 5.41) is 10.8.